The summed E-state index contributed by atoms with van der Waals surface area (Å²) in [6.45, 7) is 7.10. The van der Waals surface area contributed by atoms with Crippen molar-refractivity contribution in [1.82, 2.24) is 14.9 Å². The Hall–Kier alpha value is -3.35. The monoisotopic (exact) mass is 420 g/mol. The van der Waals surface area contributed by atoms with Crippen molar-refractivity contribution < 1.29 is 14.3 Å². The number of ether oxygens (including phenoxy) is 2. The first-order chi connectivity index (χ1) is 15.0. The molecular weight excluding hydrogens is 392 g/mol. The molecule has 2 heterocycles. The van der Waals surface area contributed by atoms with Crippen LogP contribution in [0.4, 0.5) is 5.69 Å². The fourth-order valence-electron chi connectivity index (χ4n) is 3.88. The van der Waals surface area contributed by atoms with E-state index in [1.165, 1.54) is 0 Å². The lowest BCUT2D eigenvalue weighted by molar-refractivity contribution is -0.134. The number of nitrogens with zero attached hydrogens (tertiary/aromatic N) is 4. The largest absolute Gasteiger partial charge is 0.497 e. The van der Waals surface area contributed by atoms with E-state index in [4.69, 9.17) is 14.5 Å². The fraction of sp³-hybridized carbons (Fsp3) is 0.375. The Morgan fingerprint density at radius 2 is 1.71 bits per heavy atom. The molecule has 7 nitrogen and oxygen atoms in total. The Morgan fingerprint density at radius 3 is 2.32 bits per heavy atom. The lowest BCUT2D eigenvalue weighted by Gasteiger charge is -2.37. The van der Waals surface area contributed by atoms with Gasteiger partial charge in [-0.3, -0.25) is 4.79 Å². The molecule has 0 spiro atoms. The van der Waals surface area contributed by atoms with Crippen LogP contribution in [0.1, 0.15) is 13.8 Å². The second-order valence-corrected chi connectivity index (χ2v) is 7.97. The molecule has 0 saturated carbocycles. The smallest absolute Gasteiger partial charge is 0.225 e. The van der Waals surface area contributed by atoms with Crippen molar-refractivity contribution in [3.8, 4) is 22.9 Å². The summed E-state index contributed by atoms with van der Waals surface area (Å²) in [5.41, 5.74) is 2.86. The molecule has 1 amide bonds. The van der Waals surface area contributed by atoms with Crippen molar-refractivity contribution >= 4 is 22.5 Å². The molecular formula is C24H28N4O3. The second-order valence-electron chi connectivity index (χ2n) is 7.97. The zero-order valence-corrected chi connectivity index (χ0v) is 18.5. The Morgan fingerprint density at radius 1 is 1.00 bits per heavy atom. The molecule has 1 fully saturated rings. The highest BCUT2D eigenvalue weighted by molar-refractivity contribution is 5.87. The molecule has 0 unspecified atom stereocenters. The van der Waals surface area contributed by atoms with Crippen LogP contribution in [-0.2, 0) is 4.79 Å². The van der Waals surface area contributed by atoms with Gasteiger partial charge in [0.1, 0.15) is 11.5 Å². The Bertz CT molecular complexity index is 1070. The van der Waals surface area contributed by atoms with E-state index in [1.807, 2.05) is 43.0 Å². The number of fused-ring (bicyclic) bond motifs is 1. The summed E-state index contributed by atoms with van der Waals surface area (Å²) in [6, 6.07) is 12.0. The minimum absolute atomic E-state index is 0.0488. The lowest BCUT2D eigenvalue weighted by atomic mass is 10.1. The molecule has 7 heteroatoms. The highest BCUT2D eigenvalue weighted by Crippen LogP contribution is 2.31. The molecule has 3 aromatic rings. The van der Waals surface area contributed by atoms with E-state index in [0.717, 1.165) is 48.3 Å². The topological polar surface area (TPSA) is 67.8 Å². The molecule has 0 atom stereocenters. The summed E-state index contributed by atoms with van der Waals surface area (Å²) in [4.78, 5) is 25.7. The summed E-state index contributed by atoms with van der Waals surface area (Å²) in [6.07, 6.45) is 1.79. The van der Waals surface area contributed by atoms with Crippen LogP contribution in [0.25, 0.3) is 22.3 Å². The van der Waals surface area contributed by atoms with E-state index in [-0.39, 0.29) is 11.8 Å². The summed E-state index contributed by atoms with van der Waals surface area (Å²) < 4.78 is 10.8. The quantitative estimate of drug-likeness (QED) is 0.628. The molecule has 0 bridgehead atoms. The zero-order valence-electron chi connectivity index (χ0n) is 18.5. The summed E-state index contributed by atoms with van der Waals surface area (Å²) in [5, 5.41) is 0.845. The van der Waals surface area contributed by atoms with Crippen molar-refractivity contribution in [2.75, 3.05) is 45.3 Å². The Kier molecular flexibility index (Phi) is 5.93. The van der Waals surface area contributed by atoms with Gasteiger partial charge in [-0.2, -0.15) is 0 Å². The number of amides is 1. The van der Waals surface area contributed by atoms with Gasteiger partial charge < -0.3 is 19.3 Å². The van der Waals surface area contributed by atoms with Crippen molar-refractivity contribution in [3.05, 3.63) is 42.6 Å². The first-order valence-electron chi connectivity index (χ1n) is 10.5. The van der Waals surface area contributed by atoms with Crippen molar-refractivity contribution in [1.29, 1.82) is 0 Å². The van der Waals surface area contributed by atoms with E-state index in [2.05, 4.69) is 22.0 Å². The molecule has 1 aliphatic heterocycles. The van der Waals surface area contributed by atoms with Gasteiger partial charge in [0.2, 0.25) is 5.91 Å². The SMILES string of the molecule is COc1cc(OC)c2cnc(-c3ccc(N4CCN(C(=O)C(C)C)CC4)cc3)nc2c1. The van der Waals surface area contributed by atoms with Gasteiger partial charge in [-0.1, -0.05) is 13.8 Å². The van der Waals surface area contributed by atoms with Crippen molar-refractivity contribution in [2.24, 2.45) is 5.92 Å². The van der Waals surface area contributed by atoms with Crippen LogP contribution in [0.3, 0.4) is 0 Å². The molecule has 4 rings (SSSR count). The van der Waals surface area contributed by atoms with Crippen LogP contribution < -0.4 is 14.4 Å². The number of methoxy groups -OCH3 is 2. The number of benzene rings is 2. The third kappa shape index (κ3) is 4.26. The minimum Gasteiger partial charge on any atom is -0.497 e. The third-order valence-corrected chi connectivity index (χ3v) is 5.67. The third-order valence-electron chi connectivity index (χ3n) is 5.67. The molecule has 1 saturated heterocycles. The van der Waals surface area contributed by atoms with Crippen molar-refractivity contribution in [3.63, 3.8) is 0 Å². The van der Waals surface area contributed by atoms with Gasteiger partial charge in [0.15, 0.2) is 5.82 Å². The van der Waals surface area contributed by atoms with Gasteiger partial charge in [-0.15, -0.1) is 0 Å². The van der Waals surface area contributed by atoms with Crippen LogP contribution >= 0.6 is 0 Å². The van der Waals surface area contributed by atoms with Crippen LogP contribution in [-0.4, -0.2) is 61.2 Å². The van der Waals surface area contributed by atoms with Gasteiger partial charge in [0.05, 0.1) is 25.1 Å². The predicted octanol–water partition coefficient (Wildman–Crippen LogP) is 3.62. The van der Waals surface area contributed by atoms with Crippen LogP contribution in [0, 0.1) is 5.92 Å². The average Bonchev–Trinajstić information content (AvgIpc) is 2.82. The maximum Gasteiger partial charge on any atom is 0.225 e. The molecule has 1 aliphatic rings. The predicted molar refractivity (Wildman–Crippen MR) is 122 cm³/mol. The van der Waals surface area contributed by atoms with Gasteiger partial charge in [0, 0.05) is 61.7 Å². The number of hydrogen-bond acceptors (Lipinski definition) is 6. The first-order valence-corrected chi connectivity index (χ1v) is 10.5. The van der Waals surface area contributed by atoms with Crippen LogP contribution in [0.15, 0.2) is 42.6 Å². The standard InChI is InChI=1S/C24H28N4O3/c1-16(2)24(29)28-11-9-27(10-12-28)18-7-5-17(6-8-18)23-25-15-20-21(26-23)13-19(30-3)14-22(20)31-4/h5-8,13-16H,9-12H2,1-4H3. The fourth-order valence-corrected chi connectivity index (χ4v) is 3.88. The number of carbonyl (C=O) groups excluding carboxylic acids is 1. The molecule has 1 aromatic heterocycles. The van der Waals surface area contributed by atoms with Crippen molar-refractivity contribution in [2.45, 2.75) is 13.8 Å². The van der Waals surface area contributed by atoms with E-state index >= 15 is 0 Å². The average molecular weight is 421 g/mol. The Labute approximate surface area is 182 Å². The molecule has 0 radical (unpaired) electrons. The number of rotatable bonds is 5. The maximum atomic E-state index is 12.2. The van der Waals surface area contributed by atoms with Gasteiger partial charge in [0.25, 0.3) is 0 Å². The van der Waals surface area contributed by atoms with Gasteiger partial charge in [-0.05, 0) is 24.3 Å². The molecule has 0 N–H and O–H groups in total. The summed E-state index contributed by atoms with van der Waals surface area (Å²) >= 11 is 0. The lowest BCUT2D eigenvalue weighted by Crippen LogP contribution is -2.49. The first kappa shape index (κ1) is 20.9. The van der Waals surface area contributed by atoms with E-state index in [1.54, 1.807) is 20.4 Å². The van der Waals surface area contributed by atoms with Gasteiger partial charge >= 0.3 is 0 Å². The normalized spacial score (nSPS) is 14.2. The molecule has 31 heavy (non-hydrogen) atoms. The minimum atomic E-state index is 0.0488. The second kappa shape index (κ2) is 8.79. The number of aromatic nitrogens is 2. The number of anilines is 1. The molecule has 162 valence electrons. The van der Waals surface area contributed by atoms with E-state index in [9.17, 15) is 4.79 Å². The molecule has 0 aliphatic carbocycles. The zero-order chi connectivity index (χ0) is 22.0. The van der Waals surface area contributed by atoms with Crippen LogP contribution in [0.2, 0.25) is 0 Å². The maximum absolute atomic E-state index is 12.2. The highest BCUT2D eigenvalue weighted by Gasteiger charge is 2.23. The summed E-state index contributed by atoms with van der Waals surface area (Å²) in [7, 11) is 3.25. The highest BCUT2D eigenvalue weighted by atomic mass is 16.5. The number of piperazine rings is 1. The van der Waals surface area contributed by atoms with E-state index in [0.29, 0.717) is 17.3 Å². The molecule has 2 aromatic carbocycles. The summed E-state index contributed by atoms with van der Waals surface area (Å²) in [5.74, 6) is 2.32. The number of carbonyl (C=O) groups is 1. The van der Waals surface area contributed by atoms with E-state index < -0.39 is 0 Å². The number of hydrogen-bond donors (Lipinski definition) is 0. The Balaban J connectivity index is 1.52. The van der Waals surface area contributed by atoms with Gasteiger partial charge in [-0.25, -0.2) is 9.97 Å². The van der Waals surface area contributed by atoms with Crippen LogP contribution in [0.5, 0.6) is 11.5 Å².